The van der Waals surface area contributed by atoms with Crippen LogP contribution in [-0.2, 0) is 14.3 Å². The SMILES string of the molecule is O=C(O)[C@H]1CCCCN1C(=O)CCOCC(F)(F)F. The molecule has 0 aromatic rings. The molecule has 0 spiro atoms. The van der Waals surface area contributed by atoms with Crippen molar-refractivity contribution in [2.45, 2.75) is 37.9 Å². The number of amides is 1. The summed E-state index contributed by atoms with van der Waals surface area (Å²) in [7, 11) is 0. The number of alkyl halides is 3. The van der Waals surface area contributed by atoms with Gasteiger partial charge in [0.05, 0.1) is 13.0 Å². The Hall–Kier alpha value is -1.31. The topological polar surface area (TPSA) is 66.8 Å². The number of carbonyl (C=O) groups is 2. The van der Waals surface area contributed by atoms with E-state index in [2.05, 4.69) is 4.74 Å². The normalized spacial score (nSPS) is 20.4. The number of likely N-dealkylation sites (tertiary alicyclic amines) is 1. The molecule has 19 heavy (non-hydrogen) atoms. The highest BCUT2D eigenvalue weighted by Gasteiger charge is 2.32. The molecule has 1 saturated heterocycles. The van der Waals surface area contributed by atoms with Gasteiger partial charge in [0, 0.05) is 6.54 Å². The second kappa shape index (κ2) is 6.74. The number of carbonyl (C=O) groups excluding carboxylic acids is 1. The van der Waals surface area contributed by atoms with Crippen LogP contribution < -0.4 is 0 Å². The van der Waals surface area contributed by atoms with Crippen LogP contribution in [0.15, 0.2) is 0 Å². The smallest absolute Gasteiger partial charge is 0.411 e. The molecule has 0 unspecified atom stereocenters. The Morgan fingerprint density at radius 1 is 1.32 bits per heavy atom. The number of hydrogen-bond acceptors (Lipinski definition) is 3. The van der Waals surface area contributed by atoms with Crippen LogP contribution in [0.3, 0.4) is 0 Å². The molecule has 0 aromatic heterocycles. The minimum absolute atomic E-state index is 0.236. The number of carboxylic acid groups (broad SMARTS) is 1. The fraction of sp³-hybridized carbons (Fsp3) is 0.818. The van der Waals surface area contributed by atoms with Gasteiger partial charge in [-0.1, -0.05) is 0 Å². The average Bonchev–Trinajstić information content (AvgIpc) is 2.33. The summed E-state index contributed by atoms with van der Waals surface area (Å²) < 4.78 is 39.7. The van der Waals surface area contributed by atoms with E-state index in [-0.39, 0.29) is 13.0 Å². The molecular formula is C11H16F3NO4. The van der Waals surface area contributed by atoms with Gasteiger partial charge < -0.3 is 14.7 Å². The largest absolute Gasteiger partial charge is 0.480 e. The van der Waals surface area contributed by atoms with Crippen molar-refractivity contribution in [2.75, 3.05) is 19.8 Å². The van der Waals surface area contributed by atoms with Gasteiger partial charge in [-0.15, -0.1) is 0 Å². The first-order valence-corrected chi connectivity index (χ1v) is 5.98. The van der Waals surface area contributed by atoms with Crippen LogP contribution in [0.4, 0.5) is 13.2 Å². The van der Waals surface area contributed by atoms with Crippen molar-refractivity contribution in [3.05, 3.63) is 0 Å². The Bertz CT molecular complexity index is 332. The Kier molecular flexibility index (Phi) is 5.59. The lowest BCUT2D eigenvalue weighted by molar-refractivity contribution is -0.175. The van der Waals surface area contributed by atoms with E-state index in [0.717, 1.165) is 6.42 Å². The molecule has 1 amide bonds. The second-order valence-corrected chi connectivity index (χ2v) is 4.35. The van der Waals surface area contributed by atoms with Crippen molar-refractivity contribution in [1.82, 2.24) is 4.90 Å². The van der Waals surface area contributed by atoms with E-state index in [4.69, 9.17) is 5.11 Å². The van der Waals surface area contributed by atoms with E-state index < -0.39 is 30.7 Å². The quantitative estimate of drug-likeness (QED) is 0.775. The first kappa shape index (κ1) is 15.7. The van der Waals surface area contributed by atoms with Crippen molar-refractivity contribution in [1.29, 1.82) is 0 Å². The summed E-state index contributed by atoms with van der Waals surface area (Å²) in [5.41, 5.74) is 0. The number of nitrogens with zero attached hydrogens (tertiary/aromatic N) is 1. The second-order valence-electron chi connectivity index (χ2n) is 4.35. The summed E-state index contributed by atoms with van der Waals surface area (Å²) >= 11 is 0. The van der Waals surface area contributed by atoms with Gasteiger partial charge in [0.1, 0.15) is 12.6 Å². The molecule has 0 aromatic carbocycles. The minimum Gasteiger partial charge on any atom is -0.480 e. The van der Waals surface area contributed by atoms with Crippen LogP contribution in [0.2, 0.25) is 0 Å². The summed E-state index contributed by atoms with van der Waals surface area (Å²) in [6.45, 7) is -1.43. The highest BCUT2D eigenvalue weighted by atomic mass is 19.4. The molecule has 1 heterocycles. The van der Waals surface area contributed by atoms with Crippen LogP contribution >= 0.6 is 0 Å². The Morgan fingerprint density at radius 3 is 2.58 bits per heavy atom. The maximum Gasteiger partial charge on any atom is 0.411 e. The first-order chi connectivity index (χ1) is 8.81. The monoisotopic (exact) mass is 283 g/mol. The van der Waals surface area contributed by atoms with Crippen molar-refractivity contribution in [3.63, 3.8) is 0 Å². The molecule has 0 bridgehead atoms. The summed E-state index contributed by atoms with van der Waals surface area (Å²) in [5.74, 6) is -1.56. The van der Waals surface area contributed by atoms with E-state index in [0.29, 0.717) is 19.4 Å². The van der Waals surface area contributed by atoms with Crippen molar-refractivity contribution in [2.24, 2.45) is 0 Å². The third kappa shape index (κ3) is 5.46. The van der Waals surface area contributed by atoms with Gasteiger partial charge in [0.15, 0.2) is 0 Å². The number of aliphatic carboxylic acids is 1. The summed E-state index contributed by atoms with van der Waals surface area (Å²) in [4.78, 5) is 23.9. The summed E-state index contributed by atoms with van der Waals surface area (Å²) in [5, 5.41) is 8.96. The van der Waals surface area contributed by atoms with Gasteiger partial charge in [-0.3, -0.25) is 4.79 Å². The molecule has 0 saturated carbocycles. The number of halogens is 3. The van der Waals surface area contributed by atoms with Gasteiger partial charge in [-0.25, -0.2) is 4.79 Å². The maximum absolute atomic E-state index is 11.8. The van der Waals surface area contributed by atoms with Crippen LogP contribution in [0, 0.1) is 0 Å². The van der Waals surface area contributed by atoms with Crippen LogP contribution in [-0.4, -0.2) is 53.9 Å². The minimum atomic E-state index is -4.42. The number of rotatable bonds is 5. The van der Waals surface area contributed by atoms with E-state index in [1.807, 2.05) is 0 Å². The van der Waals surface area contributed by atoms with Gasteiger partial charge in [-0.05, 0) is 19.3 Å². The third-order valence-electron chi connectivity index (χ3n) is 2.83. The van der Waals surface area contributed by atoms with Crippen LogP contribution in [0.25, 0.3) is 0 Å². The summed E-state index contributed by atoms with van der Waals surface area (Å²) in [6.07, 6.45) is -2.84. The Morgan fingerprint density at radius 2 is 2.00 bits per heavy atom. The lowest BCUT2D eigenvalue weighted by Gasteiger charge is -2.33. The van der Waals surface area contributed by atoms with Crippen molar-refractivity contribution in [3.8, 4) is 0 Å². The molecule has 1 aliphatic heterocycles. The zero-order chi connectivity index (χ0) is 14.5. The van der Waals surface area contributed by atoms with E-state index in [1.165, 1.54) is 4.90 Å². The zero-order valence-corrected chi connectivity index (χ0v) is 10.3. The number of ether oxygens (including phenoxy) is 1. The Labute approximate surface area is 108 Å². The molecule has 0 radical (unpaired) electrons. The predicted molar refractivity (Wildman–Crippen MR) is 58.5 cm³/mol. The van der Waals surface area contributed by atoms with Gasteiger partial charge in [-0.2, -0.15) is 13.2 Å². The molecule has 110 valence electrons. The molecule has 5 nitrogen and oxygen atoms in total. The number of piperidine rings is 1. The average molecular weight is 283 g/mol. The molecule has 8 heteroatoms. The molecule has 1 rings (SSSR count). The van der Waals surface area contributed by atoms with E-state index in [1.54, 1.807) is 0 Å². The molecule has 1 aliphatic rings. The van der Waals surface area contributed by atoms with Crippen molar-refractivity contribution < 1.29 is 32.6 Å². The van der Waals surface area contributed by atoms with E-state index in [9.17, 15) is 22.8 Å². The molecule has 1 atom stereocenters. The van der Waals surface area contributed by atoms with E-state index >= 15 is 0 Å². The molecule has 1 N–H and O–H groups in total. The number of hydrogen-bond donors (Lipinski definition) is 1. The molecule has 1 fully saturated rings. The van der Waals surface area contributed by atoms with Crippen LogP contribution in [0.1, 0.15) is 25.7 Å². The van der Waals surface area contributed by atoms with Crippen molar-refractivity contribution >= 4 is 11.9 Å². The highest BCUT2D eigenvalue weighted by molar-refractivity contribution is 5.83. The fourth-order valence-electron chi connectivity index (χ4n) is 1.98. The Balaban J connectivity index is 2.37. The molecular weight excluding hydrogens is 267 g/mol. The third-order valence-corrected chi connectivity index (χ3v) is 2.83. The van der Waals surface area contributed by atoms with Crippen LogP contribution in [0.5, 0.6) is 0 Å². The predicted octanol–water partition coefficient (Wildman–Crippen LogP) is 1.42. The number of carboxylic acids is 1. The maximum atomic E-state index is 11.8. The lowest BCUT2D eigenvalue weighted by Crippen LogP contribution is -2.48. The standard InChI is InChI=1S/C11H16F3NO4/c12-11(13,14)7-19-6-4-9(16)15-5-2-1-3-8(15)10(17)18/h8H,1-7H2,(H,17,18)/t8-/m1/s1. The zero-order valence-electron chi connectivity index (χ0n) is 10.3. The summed E-state index contributed by atoms with van der Waals surface area (Å²) in [6, 6.07) is -0.871. The van der Waals surface area contributed by atoms with Gasteiger partial charge >= 0.3 is 12.1 Å². The first-order valence-electron chi connectivity index (χ1n) is 5.98. The highest BCUT2D eigenvalue weighted by Crippen LogP contribution is 2.18. The lowest BCUT2D eigenvalue weighted by atomic mass is 10.0. The molecule has 0 aliphatic carbocycles. The van der Waals surface area contributed by atoms with Gasteiger partial charge in [0.25, 0.3) is 0 Å². The fourth-order valence-corrected chi connectivity index (χ4v) is 1.98. The van der Waals surface area contributed by atoms with Gasteiger partial charge in [0.2, 0.25) is 5.91 Å².